The zero-order chi connectivity index (χ0) is 18.0. The van der Waals surface area contributed by atoms with Crippen molar-refractivity contribution in [1.29, 1.82) is 0 Å². The lowest BCUT2D eigenvalue weighted by Crippen LogP contribution is -2.58. The van der Waals surface area contributed by atoms with Crippen LogP contribution in [0.15, 0.2) is 0 Å². The average molecular weight is 350 g/mol. The quantitative estimate of drug-likeness (QED) is 0.454. The standard InChI is InChI=1S/C15H30N2O5S/c1-6-21-13(12(16)10(4)23-8-3)14(20)17-15(5,22-7-2)9-11(18)19/h10,12-13H,6-9,16H2,1-5H3,(H,17,20)(H,18,19)/t10?,12-,13?,15?/m0/s1. The van der Waals surface area contributed by atoms with Crippen LogP contribution in [0.4, 0.5) is 0 Å². The van der Waals surface area contributed by atoms with E-state index in [1.54, 1.807) is 25.6 Å². The molecule has 0 bridgehead atoms. The molecule has 0 aromatic heterocycles. The van der Waals surface area contributed by atoms with Crippen molar-refractivity contribution in [1.82, 2.24) is 5.32 Å². The molecule has 3 unspecified atom stereocenters. The number of nitrogens with two attached hydrogens (primary N) is 1. The van der Waals surface area contributed by atoms with Gasteiger partial charge < -0.3 is 25.6 Å². The molecule has 7 nitrogen and oxygen atoms in total. The summed E-state index contributed by atoms with van der Waals surface area (Å²) in [5, 5.41) is 11.7. The fourth-order valence-electron chi connectivity index (χ4n) is 2.23. The Morgan fingerprint density at radius 1 is 1.30 bits per heavy atom. The zero-order valence-corrected chi connectivity index (χ0v) is 15.4. The first-order valence-corrected chi connectivity index (χ1v) is 8.92. The SMILES string of the molecule is CCOC(C(=O)NC(C)(CC(=O)O)OCC)[C@@H](N)C(C)SCC. The molecule has 4 atom stereocenters. The van der Waals surface area contributed by atoms with Crippen molar-refractivity contribution in [3.05, 3.63) is 0 Å². The van der Waals surface area contributed by atoms with Crippen molar-refractivity contribution in [2.45, 2.75) is 64.2 Å². The van der Waals surface area contributed by atoms with Gasteiger partial charge in [0.2, 0.25) is 0 Å². The number of carboxylic acids is 1. The Morgan fingerprint density at radius 3 is 2.35 bits per heavy atom. The van der Waals surface area contributed by atoms with Crippen LogP contribution in [0.3, 0.4) is 0 Å². The summed E-state index contributed by atoms with van der Waals surface area (Å²) < 4.78 is 10.9. The van der Waals surface area contributed by atoms with Crippen molar-refractivity contribution in [3.63, 3.8) is 0 Å². The van der Waals surface area contributed by atoms with E-state index in [-0.39, 0.29) is 18.3 Å². The highest BCUT2D eigenvalue weighted by atomic mass is 32.2. The third-order valence-electron chi connectivity index (χ3n) is 3.26. The molecule has 0 fully saturated rings. The number of nitrogens with one attached hydrogen (secondary N) is 1. The Bertz CT molecular complexity index is 383. The summed E-state index contributed by atoms with van der Waals surface area (Å²) in [7, 11) is 0. The van der Waals surface area contributed by atoms with Gasteiger partial charge in [-0.3, -0.25) is 9.59 Å². The normalized spacial score (nSPS) is 17.8. The van der Waals surface area contributed by atoms with Gasteiger partial charge in [0.15, 0.2) is 6.10 Å². The number of carbonyl (C=O) groups excluding carboxylic acids is 1. The molecule has 0 aromatic rings. The molecule has 0 aliphatic rings. The molecule has 1 amide bonds. The molecule has 8 heteroatoms. The van der Waals surface area contributed by atoms with Crippen LogP contribution in [-0.2, 0) is 19.1 Å². The van der Waals surface area contributed by atoms with Gasteiger partial charge in [-0.15, -0.1) is 0 Å². The van der Waals surface area contributed by atoms with Crippen LogP contribution in [0.1, 0.15) is 41.0 Å². The first-order valence-electron chi connectivity index (χ1n) is 7.87. The second kappa shape index (κ2) is 10.9. The maximum atomic E-state index is 12.6. The molecule has 0 rings (SSSR count). The molecule has 0 aliphatic heterocycles. The van der Waals surface area contributed by atoms with E-state index >= 15 is 0 Å². The van der Waals surface area contributed by atoms with E-state index in [0.29, 0.717) is 6.61 Å². The maximum Gasteiger partial charge on any atom is 0.308 e. The Balaban J connectivity index is 5.09. The molecule has 0 heterocycles. The maximum absolute atomic E-state index is 12.6. The molecule has 0 saturated carbocycles. The molecular formula is C15H30N2O5S. The van der Waals surface area contributed by atoms with E-state index in [4.69, 9.17) is 20.3 Å². The molecule has 0 radical (unpaired) electrons. The van der Waals surface area contributed by atoms with Crippen LogP contribution in [0.25, 0.3) is 0 Å². The lowest BCUT2D eigenvalue weighted by Gasteiger charge is -2.33. The number of amides is 1. The van der Waals surface area contributed by atoms with Gasteiger partial charge in [-0.05, 0) is 26.5 Å². The second-order valence-corrected chi connectivity index (χ2v) is 6.99. The van der Waals surface area contributed by atoms with E-state index in [9.17, 15) is 9.59 Å². The summed E-state index contributed by atoms with van der Waals surface area (Å²) in [4.78, 5) is 23.6. The molecular weight excluding hydrogens is 320 g/mol. The van der Waals surface area contributed by atoms with Crippen molar-refractivity contribution in [2.24, 2.45) is 5.73 Å². The summed E-state index contributed by atoms with van der Waals surface area (Å²) >= 11 is 1.64. The summed E-state index contributed by atoms with van der Waals surface area (Å²) in [6, 6.07) is -0.504. The number of ether oxygens (including phenoxy) is 2. The van der Waals surface area contributed by atoms with Crippen molar-refractivity contribution in [3.8, 4) is 0 Å². The number of thioether (sulfide) groups is 1. The van der Waals surface area contributed by atoms with Crippen LogP contribution in [-0.4, -0.2) is 59.1 Å². The summed E-state index contributed by atoms with van der Waals surface area (Å²) in [6.45, 7) is 9.61. The smallest absolute Gasteiger partial charge is 0.308 e. The fourth-order valence-corrected chi connectivity index (χ4v) is 3.12. The van der Waals surface area contributed by atoms with Crippen LogP contribution < -0.4 is 11.1 Å². The Labute approximate surface area is 142 Å². The molecule has 23 heavy (non-hydrogen) atoms. The van der Waals surface area contributed by atoms with Crippen molar-refractivity contribution in [2.75, 3.05) is 19.0 Å². The van der Waals surface area contributed by atoms with Gasteiger partial charge in [-0.1, -0.05) is 13.8 Å². The Hall–Kier alpha value is -0.830. The highest BCUT2D eigenvalue weighted by Crippen LogP contribution is 2.18. The monoisotopic (exact) mass is 350 g/mol. The largest absolute Gasteiger partial charge is 0.481 e. The average Bonchev–Trinajstić information content (AvgIpc) is 2.43. The lowest BCUT2D eigenvalue weighted by atomic mass is 10.1. The molecule has 0 spiro atoms. The fraction of sp³-hybridized carbons (Fsp3) is 0.867. The molecule has 136 valence electrons. The van der Waals surface area contributed by atoms with Crippen LogP contribution in [0.5, 0.6) is 0 Å². The molecule has 0 saturated heterocycles. The lowest BCUT2D eigenvalue weighted by molar-refractivity contribution is -0.154. The Morgan fingerprint density at radius 2 is 1.91 bits per heavy atom. The van der Waals surface area contributed by atoms with Crippen molar-refractivity contribution < 1.29 is 24.2 Å². The van der Waals surface area contributed by atoms with E-state index < -0.39 is 29.7 Å². The number of rotatable bonds is 12. The summed E-state index contributed by atoms with van der Waals surface area (Å²) in [5.41, 5.74) is 4.87. The molecule has 4 N–H and O–H groups in total. The first-order chi connectivity index (χ1) is 10.7. The molecule has 0 aliphatic carbocycles. The van der Waals surface area contributed by atoms with Gasteiger partial charge in [0.05, 0.1) is 12.5 Å². The van der Waals surface area contributed by atoms with Crippen LogP contribution in [0, 0.1) is 0 Å². The van der Waals surface area contributed by atoms with Gasteiger partial charge >= 0.3 is 5.97 Å². The molecule has 0 aromatic carbocycles. The van der Waals surface area contributed by atoms with E-state index in [0.717, 1.165) is 5.75 Å². The number of hydrogen-bond donors (Lipinski definition) is 3. The third-order valence-corrected chi connectivity index (χ3v) is 4.44. The van der Waals surface area contributed by atoms with Gasteiger partial charge in [0.1, 0.15) is 5.72 Å². The number of carboxylic acid groups (broad SMARTS) is 1. The second-order valence-electron chi connectivity index (χ2n) is 5.34. The zero-order valence-electron chi connectivity index (χ0n) is 14.6. The predicted molar refractivity (Wildman–Crippen MR) is 91.4 cm³/mol. The number of aliphatic carboxylic acids is 1. The van der Waals surface area contributed by atoms with Crippen LogP contribution in [0.2, 0.25) is 0 Å². The minimum absolute atomic E-state index is 0.0279. The summed E-state index contributed by atoms with van der Waals surface area (Å²) in [5.74, 6) is -0.640. The van der Waals surface area contributed by atoms with Gasteiger partial charge in [-0.2, -0.15) is 11.8 Å². The van der Waals surface area contributed by atoms with E-state index in [1.807, 2.05) is 13.8 Å². The predicted octanol–water partition coefficient (Wildman–Crippen LogP) is 1.20. The first kappa shape index (κ1) is 22.2. The highest BCUT2D eigenvalue weighted by Gasteiger charge is 2.36. The number of carbonyl (C=O) groups is 2. The Kier molecular flexibility index (Phi) is 10.5. The minimum Gasteiger partial charge on any atom is -0.481 e. The topological polar surface area (TPSA) is 111 Å². The van der Waals surface area contributed by atoms with Gasteiger partial charge in [0, 0.05) is 18.5 Å². The van der Waals surface area contributed by atoms with E-state index in [2.05, 4.69) is 5.32 Å². The van der Waals surface area contributed by atoms with Crippen LogP contribution >= 0.6 is 11.8 Å². The summed E-state index contributed by atoms with van der Waals surface area (Å²) in [6.07, 6.45) is -1.21. The van der Waals surface area contributed by atoms with Gasteiger partial charge in [0.25, 0.3) is 5.91 Å². The highest BCUT2D eigenvalue weighted by molar-refractivity contribution is 7.99. The van der Waals surface area contributed by atoms with Crippen molar-refractivity contribution >= 4 is 23.6 Å². The third kappa shape index (κ3) is 8.01. The van der Waals surface area contributed by atoms with Gasteiger partial charge in [-0.25, -0.2) is 0 Å². The van der Waals surface area contributed by atoms with E-state index in [1.165, 1.54) is 6.92 Å². The minimum atomic E-state index is -1.30. The number of hydrogen-bond acceptors (Lipinski definition) is 6.